The monoisotopic (exact) mass is 344 g/mol. The van der Waals surface area contributed by atoms with Crippen LogP contribution in [0.15, 0.2) is 6.07 Å². The van der Waals surface area contributed by atoms with Crippen LogP contribution in [0.2, 0.25) is 0 Å². The predicted octanol–water partition coefficient (Wildman–Crippen LogP) is 1.52. The van der Waals surface area contributed by atoms with Crippen molar-refractivity contribution in [3.8, 4) is 0 Å². The van der Waals surface area contributed by atoms with Crippen LogP contribution in [-0.4, -0.2) is 56.1 Å². The second kappa shape index (κ2) is 7.47. The quantitative estimate of drug-likeness (QED) is 0.890. The predicted molar refractivity (Wildman–Crippen MR) is 96.4 cm³/mol. The maximum Gasteiger partial charge on any atom is 0.252 e. The van der Waals surface area contributed by atoms with Gasteiger partial charge in [0, 0.05) is 30.5 Å². The summed E-state index contributed by atoms with van der Waals surface area (Å²) in [5.41, 5.74) is 1.87. The van der Waals surface area contributed by atoms with E-state index in [2.05, 4.69) is 39.1 Å². The Labute approximate surface area is 148 Å². The number of aryl methyl sites for hydroxylation is 2. The second-order valence-corrected chi connectivity index (χ2v) is 7.35. The van der Waals surface area contributed by atoms with Gasteiger partial charge in [0.15, 0.2) is 5.82 Å². The van der Waals surface area contributed by atoms with E-state index in [0.29, 0.717) is 24.2 Å². The van der Waals surface area contributed by atoms with Crippen LogP contribution in [0.25, 0.3) is 5.78 Å². The van der Waals surface area contributed by atoms with E-state index in [1.54, 1.807) is 4.52 Å². The summed E-state index contributed by atoms with van der Waals surface area (Å²) < 4.78 is 1.69. The van der Waals surface area contributed by atoms with Crippen LogP contribution >= 0.6 is 0 Å². The van der Waals surface area contributed by atoms with Crippen molar-refractivity contribution in [2.75, 3.05) is 19.6 Å². The highest BCUT2D eigenvalue weighted by Gasteiger charge is 2.21. The molecule has 3 heterocycles. The van der Waals surface area contributed by atoms with Gasteiger partial charge >= 0.3 is 0 Å². The van der Waals surface area contributed by atoms with Crippen LogP contribution in [-0.2, 0) is 11.2 Å². The summed E-state index contributed by atoms with van der Waals surface area (Å²) in [5.74, 6) is 1.77. The Kier molecular flexibility index (Phi) is 5.32. The van der Waals surface area contributed by atoms with Crippen LogP contribution in [0.1, 0.15) is 43.9 Å². The summed E-state index contributed by atoms with van der Waals surface area (Å²) in [7, 11) is 0. The Morgan fingerprint density at radius 1 is 1.40 bits per heavy atom. The normalized spacial score (nSPS) is 19.9. The standard InChI is InChI=1S/C18H28N6O/c1-12-6-5-7-23(11-12)15(4)10-19-17(25)9-16-21-18-20-13(2)8-14(3)24(18)22-16/h8,12,15H,5-7,9-11H2,1-4H3,(H,19,25)/t12-,15-/m0/s1. The molecule has 2 atom stereocenters. The van der Waals surface area contributed by atoms with Crippen molar-refractivity contribution in [2.45, 2.75) is 53.0 Å². The molecule has 0 radical (unpaired) electrons. The molecule has 25 heavy (non-hydrogen) atoms. The summed E-state index contributed by atoms with van der Waals surface area (Å²) in [5, 5.41) is 7.42. The lowest BCUT2D eigenvalue weighted by molar-refractivity contribution is -0.120. The molecule has 1 fully saturated rings. The molecule has 0 bridgehead atoms. The first-order valence-electron chi connectivity index (χ1n) is 9.13. The first-order valence-corrected chi connectivity index (χ1v) is 9.13. The second-order valence-electron chi connectivity index (χ2n) is 7.35. The zero-order valence-electron chi connectivity index (χ0n) is 15.6. The molecule has 1 amide bonds. The van der Waals surface area contributed by atoms with Crippen LogP contribution in [0, 0.1) is 19.8 Å². The number of hydrogen-bond donors (Lipinski definition) is 1. The molecule has 0 aromatic carbocycles. The number of fused-ring (bicyclic) bond motifs is 1. The average Bonchev–Trinajstić information content (AvgIpc) is 2.95. The summed E-state index contributed by atoms with van der Waals surface area (Å²) in [6.45, 7) is 11.3. The van der Waals surface area contributed by atoms with E-state index in [-0.39, 0.29) is 12.3 Å². The molecule has 2 aromatic rings. The van der Waals surface area contributed by atoms with Gasteiger partial charge in [-0.15, -0.1) is 5.10 Å². The topological polar surface area (TPSA) is 75.4 Å². The fourth-order valence-corrected chi connectivity index (χ4v) is 3.51. The number of aromatic nitrogens is 4. The number of carbonyl (C=O) groups is 1. The van der Waals surface area contributed by atoms with E-state index >= 15 is 0 Å². The van der Waals surface area contributed by atoms with Crippen molar-refractivity contribution in [2.24, 2.45) is 5.92 Å². The molecule has 7 heteroatoms. The van der Waals surface area contributed by atoms with Gasteiger partial charge in [-0.3, -0.25) is 9.69 Å². The molecule has 136 valence electrons. The molecule has 1 aliphatic rings. The van der Waals surface area contributed by atoms with Crippen LogP contribution < -0.4 is 5.32 Å². The van der Waals surface area contributed by atoms with Gasteiger partial charge in [0.2, 0.25) is 5.91 Å². The van der Waals surface area contributed by atoms with Gasteiger partial charge in [-0.1, -0.05) is 6.92 Å². The molecule has 3 rings (SSSR count). The number of nitrogens with zero attached hydrogens (tertiary/aromatic N) is 5. The molecule has 0 aliphatic carbocycles. The van der Waals surface area contributed by atoms with E-state index in [4.69, 9.17) is 0 Å². The minimum atomic E-state index is -0.0396. The van der Waals surface area contributed by atoms with Gasteiger partial charge in [0.1, 0.15) is 0 Å². The Hall–Kier alpha value is -2.02. The highest BCUT2D eigenvalue weighted by Crippen LogP contribution is 2.17. The summed E-state index contributed by atoms with van der Waals surface area (Å²) >= 11 is 0. The molecule has 1 aliphatic heterocycles. The lowest BCUT2D eigenvalue weighted by atomic mass is 9.99. The van der Waals surface area contributed by atoms with Gasteiger partial charge in [0.25, 0.3) is 5.78 Å². The average molecular weight is 344 g/mol. The van der Waals surface area contributed by atoms with E-state index < -0.39 is 0 Å². The third-order valence-corrected chi connectivity index (χ3v) is 4.89. The Balaban J connectivity index is 1.55. The van der Waals surface area contributed by atoms with Gasteiger partial charge in [0.05, 0.1) is 6.42 Å². The molecule has 0 unspecified atom stereocenters. The largest absolute Gasteiger partial charge is 0.354 e. The van der Waals surface area contributed by atoms with E-state index in [1.165, 1.54) is 12.8 Å². The van der Waals surface area contributed by atoms with Crippen LogP contribution in [0.4, 0.5) is 0 Å². The Morgan fingerprint density at radius 2 is 2.20 bits per heavy atom. The lowest BCUT2D eigenvalue weighted by Crippen LogP contribution is -2.46. The SMILES string of the molecule is Cc1cc(C)n2nc(CC(=O)NC[C@H](C)N3CCC[C@H](C)C3)nc2n1. The van der Waals surface area contributed by atoms with Crippen molar-refractivity contribution in [3.63, 3.8) is 0 Å². The number of likely N-dealkylation sites (tertiary alicyclic amines) is 1. The Bertz CT molecular complexity index is 755. The van der Waals surface area contributed by atoms with Crippen molar-refractivity contribution < 1.29 is 4.79 Å². The van der Waals surface area contributed by atoms with Gasteiger partial charge in [-0.05, 0) is 52.1 Å². The van der Waals surface area contributed by atoms with Crippen molar-refractivity contribution in [3.05, 3.63) is 23.3 Å². The van der Waals surface area contributed by atoms with Crippen LogP contribution in [0.5, 0.6) is 0 Å². The fraction of sp³-hybridized carbons (Fsp3) is 0.667. The summed E-state index contributed by atoms with van der Waals surface area (Å²) in [6, 6.07) is 2.31. The molecule has 2 aromatic heterocycles. The summed E-state index contributed by atoms with van der Waals surface area (Å²) in [6.07, 6.45) is 2.74. The molecule has 0 spiro atoms. The third-order valence-electron chi connectivity index (χ3n) is 4.89. The zero-order chi connectivity index (χ0) is 18.0. The number of piperidine rings is 1. The zero-order valence-corrected chi connectivity index (χ0v) is 15.6. The molecule has 1 N–H and O–H groups in total. The summed E-state index contributed by atoms with van der Waals surface area (Å²) in [4.78, 5) is 23.4. The van der Waals surface area contributed by atoms with E-state index in [0.717, 1.165) is 30.4 Å². The molecular formula is C18H28N6O. The van der Waals surface area contributed by atoms with Gasteiger partial charge in [-0.2, -0.15) is 4.98 Å². The van der Waals surface area contributed by atoms with Gasteiger partial charge < -0.3 is 5.32 Å². The number of carbonyl (C=O) groups excluding carboxylic acids is 1. The first kappa shape index (κ1) is 17.8. The number of rotatable bonds is 5. The minimum Gasteiger partial charge on any atom is -0.354 e. The highest BCUT2D eigenvalue weighted by molar-refractivity contribution is 5.77. The maximum absolute atomic E-state index is 12.3. The molecule has 0 saturated carbocycles. The van der Waals surface area contributed by atoms with Crippen LogP contribution in [0.3, 0.4) is 0 Å². The van der Waals surface area contributed by atoms with Crippen molar-refractivity contribution >= 4 is 11.7 Å². The van der Waals surface area contributed by atoms with E-state index in [9.17, 15) is 4.79 Å². The molecular weight excluding hydrogens is 316 g/mol. The molecule has 7 nitrogen and oxygen atoms in total. The lowest BCUT2D eigenvalue weighted by Gasteiger charge is -2.35. The van der Waals surface area contributed by atoms with E-state index in [1.807, 2.05) is 19.9 Å². The van der Waals surface area contributed by atoms with Gasteiger partial charge in [-0.25, -0.2) is 9.50 Å². The fourth-order valence-electron chi connectivity index (χ4n) is 3.51. The minimum absolute atomic E-state index is 0.0396. The first-order chi connectivity index (χ1) is 11.9. The van der Waals surface area contributed by atoms with Crippen molar-refractivity contribution in [1.29, 1.82) is 0 Å². The smallest absolute Gasteiger partial charge is 0.252 e. The maximum atomic E-state index is 12.3. The van der Waals surface area contributed by atoms with Crippen molar-refractivity contribution in [1.82, 2.24) is 29.8 Å². The Morgan fingerprint density at radius 3 is 2.96 bits per heavy atom. The number of hydrogen-bond acceptors (Lipinski definition) is 5. The number of nitrogens with one attached hydrogen (secondary N) is 1. The number of amides is 1. The third kappa shape index (κ3) is 4.34. The molecule has 1 saturated heterocycles. The highest BCUT2D eigenvalue weighted by atomic mass is 16.1.